The Hall–Kier alpha value is -3.18. The molecule has 4 rings (SSSR count). The molecule has 1 fully saturated rings. The zero-order valence-corrected chi connectivity index (χ0v) is 17.3. The number of likely N-dealkylation sites (tertiary alicyclic amines) is 1. The van der Waals surface area contributed by atoms with Gasteiger partial charge in [0.1, 0.15) is 5.75 Å². The second kappa shape index (κ2) is 9.55. The number of amides is 1. The topological polar surface area (TPSA) is 54.5 Å². The highest BCUT2D eigenvalue weighted by molar-refractivity contribution is 5.95. The quantitative estimate of drug-likeness (QED) is 0.640. The van der Waals surface area contributed by atoms with Crippen LogP contribution in [0.4, 0.5) is 0 Å². The maximum Gasteiger partial charge on any atom is 0.251 e. The normalized spacial score (nSPS) is 15.0. The molecule has 0 aliphatic carbocycles. The fourth-order valence-electron chi connectivity index (χ4n) is 3.92. The first-order valence-electron chi connectivity index (χ1n) is 10.4. The third-order valence-electron chi connectivity index (χ3n) is 5.60. The van der Waals surface area contributed by atoms with Crippen LogP contribution in [0.5, 0.6) is 5.75 Å². The number of aromatic nitrogens is 1. The summed E-state index contributed by atoms with van der Waals surface area (Å²) in [6, 6.07) is 19.5. The number of hydrogen-bond donors (Lipinski definition) is 1. The second-order valence-electron chi connectivity index (χ2n) is 7.62. The Labute approximate surface area is 177 Å². The van der Waals surface area contributed by atoms with E-state index in [2.05, 4.69) is 21.3 Å². The average molecular weight is 402 g/mol. The van der Waals surface area contributed by atoms with Gasteiger partial charge in [-0.15, -0.1) is 0 Å². The monoisotopic (exact) mass is 401 g/mol. The van der Waals surface area contributed by atoms with E-state index in [0.717, 1.165) is 42.1 Å². The van der Waals surface area contributed by atoms with E-state index in [9.17, 15) is 4.79 Å². The summed E-state index contributed by atoms with van der Waals surface area (Å²) >= 11 is 0. The lowest BCUT2D eigenvalue weighted by Gasteiger charge is -2.25. The molecule has 0 radical (unpaired) electrons. The minimum atomic E-state index is -0.0921. The number of methoxy groups -OCH3 is 1. The standard InChI is InChI=1S/C25H27N3O2/c1-30-23-6-4-5-22(17-23)24(18-28-15-2-3-16-28)27-25(29)21-9-7-19(8-10-21)20-11-13-26-14-12-20/h4-14,17,24H,2-3,15-16,18H2,1H3,(H,27,29). The fraction of sp³-hybridized carbons (Fsp3) is 0.280. The van der Waals surface area contributed by atoms with E-state index in [4.69, 9.17) is 4.74 Å². The van der Waals surface area contributed by atoms with E-state index in [1.165, 1.54) is 12.8 Å². The van der Waals surface area contributed by atoms with E-state index < -0.39 is 0 Å². The van der Waals surface area contributed by atoms with Gasteiger partial charge in [0, 0.05) is 24.5 Å². The Bertz CT molecular complexity index is 967. The van der Waals surface area contributed by atoms with Crippen LogP contribution in [0.3, 0.4) is 0 Å². The molecule has 2 aromatic carbocycles. The Morgan fingerprint density at radius 3 is 2.43 bits per heavy atom. The molecular weight excluding hydrogens is 374 g/mol. The van der Waals surface area contributed by atoms with Gasteiger partial charge in [0.15, 0.2) is 0 Å². The van der Waals surface area contributed by atoms with Crippen molar-refractivity contribution in [3.63, 3.8) is 0 Å². The minimum absolute atomic E-state index is 0.0664. The molecule has 1 N–H and O–H groups in total. The molecule has 1 aliphatic heterocycles. The Morgan fingerprint density at radius 2 is 1.73 bits per heavy atom. The van der Waals surface area contributed by atoms with Crippen molar-refractivity contribution in [1.29, 1.82) is 0 Å². The lowest BCUT2D eigenvalue weighted by molar-refractivity contribution is 0.0927. The van der Waals surface area contributed by atoms with Crippen LogP contribution in [0, 0.1) is 0 Å². The summed E-state index contributed by atoms with van der Waals surface area (Å²) in [5.41, 5.74) is 3.86. The number of carbonyl (C=O) groups is 1. The van der Waals surface area contributed by atoms with Gasteiger partial charge in [0.2, 0.25) is 0 Å². The van der Waals surface area contributed by atoms with E-state index >= 15 is 0 Å². The third kappa shape index (κ3) is 4.86. The van der Waals surface area contributed by atoms with Crippen LogP contribution in [-0.2, 0) is 0 Å². The van der Waals surface area contributed by atoms with E-state index in [-0.39, 0.29) is 11.9 Å². The number of nitrogens with one attached hydrogen (secondary N) is 1. The summed E-state index contributed by atoms with van der Waals surface area (Å²) in [4.78, 5) is 19.5. The Kier molecular flexibility index (Phi) is 6.40. The number of hydrogen-bond acceptors (Lipinski definition) is 4. The van der Waals surface area contributed by atoms with Gasteiger partial charge in [0.25, 0.3) is 5.91 Å². The van der Waals surface area contributed by atoms with Gasteiger partial charge in [-0.25, -0.2) is 0 Å². The highest BCUT2D eigenvalue weighted by atomic mass is 16.5. The summed E-state index contributed by atoms with van der Waals surface area (Å²) in [5.74, 6) is 0.734. The van der Waals surface area contributed by atoms with Crippen LogP contribution in [0.1, 0.15) is 34.8 Å². The van der Waals surface area contributed by atoms with E-state index in [1.54, 1.807) is 19.5 Å². The van der Waals surface area contributed by atoms with Crippen LogP contribution in [0.2, 0.25) is 0 Å². The van der Waals surface area contributed by atoms with Crippen molar-refractivity contribution in [2.45, 2.75) is 18.9 Å². The predicted molar refractivity (Wildman–Crippen MR) is 119 cm³/mol. The molecule has 5 nitrogen and oxygen atoms in total. The number of benzene rings is 2. The Balaban J connectivity index is 1.51. The molecule has 1 unspecified atom stereocenters. The predicted octanol–water partition coefficient (Wildman–Crippen LogP) is 4.32. The highest BCUT2D eigenvalue weighted by Crippen LogP contribution is 2.23. The van der Waals surface area contributed by atoms with Crippen molar-refractivity contribution in [1.82, 2.24) is 15.2 Å². The molecule has 1 atom stereocenters. The number of ether oxygens (including phenoxy) is 1. The third-order valence-corrected chi connectivity index (χ3v) is 5.60. The van der Waals surface area contributed by atoms with Gasteiger partial charge in [0.05, 0.1) is 13.2 Å². The van der Waals surface area contributed by atoms with Crippen LogP contribution < -0.4 is 10.1 Å². The van der Waals surface area contributed by atoms with Gasteiger partial charge in [-0.1, -0.05) is 24.3 Å². The first-order chi connectivity index (χ1) is 14.7. The summed E-state index contributed by atoms with van der Waals surface area (Å²) in [5, 5.41) is 3.24. The van der Waals surface area contributed by atoms with Crippen molar-refractivity contribution in [2.24, 2.45) is 0 Å². The average Bonchev–Trinajstić information content (AvgIpc) is 3.32. The van der Waals surface area contributed by atoms with Gasteiger partial charge in [-0.3, -0.25) is 9.78 Å². The minimum Gasteiger partial charge on any atom is -0.497 e. The molecule has 2 heterocycles. The molecule has 0 spiro atoms. The van der Waals surface area contributed by atoms with Crippen molar-refractivity contribution in [3.05, 3.63) is 84.2 Å². The molecule has 1 amide bonds. The second-order valence-corrected chi connectivity index (χ2v) is 7.62. The van der Waals surface area contributed by atoms with Gasteiger partial charge in [-0.2, -0.15) is 0 Å². The number of rotatable bonds is 7. The van der Waals surface area contributed by atoms with Crippen LogP contribution in [-0.4, -0.2) is 42.5 Å². The SMILES string of the molecule is COc1cccc(C(CN2CCCC2)NC(=O)c2ccc(-c3ccncc3)cc2)c1. The van der Waals surface area contributed by atoms with Crippen LogP contribution in [0.25, 0.3) is 11.1 Å². The molecule has 1 aromatic heterocycles. The van der Waals surface area contributed by atoms with Gasteiger partial charge < -0.3 is 15.0 Å². The molecular formula is C25H27N3O2. The summed E-state index contributed by atoms with van der Waals surface area (Å²) in [6.45, 7) is 2.96. The first-order valence-corrected chi connectivity index (χ1v) is 10.4. The molecule has 0 bridgehead atoms. The molecule has 1 aliphatic rings. The van der Waals surface area contributed by atoms with Crippen molar-refractivity contribution in [2.75, 3.05) is 26.7 Å². The zero-order valence-electron chi connectivity index (χ0n) is 17.3. The van der Waals surface area contributed by atoms with Gasteiger partial charge in [-0.05, 0) is 79.0 Å². The highest BCUT2D eigenvalue weighted by Gasteiger charge is 2.21. The molecule has 5 heteroatoms. The lowest BCUT2D eigenvalue weighted by atomic mass is 10.0. The van der Waals surface area contributed by atoms with Crippen molar-refractivity contribution >= 4 is 5.91 Å². The number of nitrogens with zero attached hydrogens (tertiary/aromatic N) is 2. The number of pyridine rings is 1. The molecule has 3 aromatic rings. The Morgan fingerprint density at radius 1 is 1.03 bits per heavy atom. The lowest BCUT2D eigenvalue weighted by Crippen LogP contribution is -2.37. The maximum absolute atomic E-state index is 13.0. The summed E-state index contributed by atoms with van der Waals surface area (Å²) in [6.07, 6.45) is 5.98. The maximum atomic E-state index is 13.0. The molecule has 30 heavy (non-hydrogen) atoms. The fourth-order valence-corrected chi connectivity index (χ4v) is 3.92. The number of carbonyl (C=O) groups excluding carboxylic acids is 1. The van der Waals surface area contributed by atoms with Crippen molar-refractivity contribution < 1.29 is 9.53 Å². The smallest absolute Gasteiger partial charge is 0.251 e. The zero-order chi connectivity index (χ0) is 20.8. The summed E-state index contributed by atoms with van der Waals surface area (Å²) in [7, 11) is 1.66. The van der Waals surface area contributed by atoms with E-state index in [0.29, 0.717) is 5.56 Å². The van der Waals surface area contributed by atoms with Gasteiger partial charge >= 0.3 is 0 Å². The van der Waals surface area contributed by atoms with E-state index in [1.807, 2.05) is 54.6 Å². The summed E-state index contributed by atoms with van der Waals surface area (Å²) < 4.78 is 5.39. The molecule has 0 saturated carbocycles. The molecule has 154 valence electrons. The van der Waals surface area contributed by atoms with Crippen LogP contribution >= 0.6 is 0 Å². The molecule has 1 saturated heterocycles. The van der Waals surface area contributed by atoms with Crippen molar-refractivity contribution in [3.8, 4) is 16.9 Å². The van der Waals surface area contributed by atoms with Crippen LogP contribution in [0.15, 0.2) is 73.1 Å². The largest absolute Gasteiger partial charge is 0.497 e. The first kappa shape index (κ1) is 20.1.